The van der Waals surface area contributed by atoms with Crippen molar-refractivity contribution in [2.24, 2.45) is 27.0 Å². The van der Waals surface area contributed by atoms with Crippen LogP contribution in [0.25, 0.3) is 33.1 Å². The lowest BCUT2D eigenvalue weighted by molar-refractivity contribution is -0.195. The zero-order chi connectivity index (χ0) is 70.1. The fraction of sp³-hybridized carbons (Fsp3) is 0.458. The maximum atomic E-state index is 13.8. The molecule has 3 fully saturated rings. The minimum absolute atomic E-state index is 0.0198. The Hall–Kier alpha value is -9.37. The topological polar surface area (TPSA) is 344 Å². The van der Waals surface area contributed by atoms with Crippen molar-refractivity contribution in [3.63, 3.8) is 0 Å². The van der Waals surface area contributed by atoms with Crippen LogP contribution in [0.15, 0.2) is 102 Å². The number of fused-ring (bicyclic) bond motifs is 3. The number of thiazole rings is 1. The maximum Gasteiger partial charge on any atom is 0.409 e. The van der Waals surface area contributed by atoms with Crippen molar-refractivity contribution >= 4 is 103 Å². The highest BCUT2D eigenvalue weighted by atomic mass is 32.1. The van der Waals surface area contributed by atoms with Gasteiger partial charge in [-0.05, 0) is 134 Å². The zero-order valence-corrected chi connectivity index (χ0v) is 56.9. The predicted molar refractivity (Wildman–Crippen MR) is 370 cm³/mol. The zero-order valence-electron chi connectivity index (χ0n) is 56.1. The highest BCUT2D eigenvalue weighted by molar-refractivity contribution is 7.22. The molecule has 0 spiro atoms. The summed E-state index contributed by atoms with van der Waals surface area (Å²) >= 11 is 1.40. The van der Waals surface area contributed by atoms with E-state index in [0.29, 0.717) is 83.3 Å². The molecule has 520 valence electrons. The molecule has 5 aromatic rings. The van der Waals surface area contributed by atoms with Gasteiger partial charge in [0.1, 0.15) is 12.4 Å². The number of aromatic carboxylic acids is 1. The normalized spacial score (nSPS) is 22.8. The number of aliphatic carboxylic acids is 1. The van der Waals surface area contributed by atoms with E-state index >= 15 is 0 Å². The van der Waals surface area contributed by atoms with Gasteiger partial charge in [0.05, 0.1) is 39.9 Å². The van der Waals surface area contributed by atoms with Crippen molar-refractivity contribution in [2.45, 2.75) is 142 Å². The lowest BCUT2D eigenvalue weighted by Crippen LogP contribution is -2.42. The number of unbranched alkanes of at least 4 members (excludes halogenated alkanes) is 2. The number of benzene rings is 3. The number of urea groups is 1. The summed E-state index contributed by atoms with van der Waals surface area (Å²) in [4.78, 5) is 120. The van der Waals surface area contributed by atoms with E-state index in [1.807, 2.05) is 49.4 Å². The first-order valence-corrected chi connectivity index (χ1v) is 34.0. The minimum atomic E-state index is -1.31. The van der Waals surface area contributed by atoms with Crippen LogP contribution in [-0.4, -0.2) is 166 Å². The predicted octanol–water partition coefficient (Wildman–Crippen LogP) is 10.2. The Bertz CT molecular complexity index is 3960. The number of nitrogens with one attached hydrogen (secondary N) is 3. The van der Waals surface area contributed by atoms with Gasteiger partial charge in [0.2, 0.25) is 18.1 Å². The number of ether oxygens (including phenoxy) is 4. The molecule has 3 aromatic carbocycles. The third-order valence-corrected chi connectivity index (χ3v) is 19.8. The first kappa shape index (κ1) is 71.4. The quantitative estimate of drug-likeness (QED) is 0.0146. The van der Waals surface area contributed by atoms with Crippen LogP contribution in [0.2, 0.25) is 0 Å². The first-order valence-electron chi connectivity index (χ1n) is 33.1. The number of aliphatic hydroxyl groups is 1. The first-order chi connectivity index (χ1) is 46.7. The minimum Gasteiger partial charge on any atom is -0.479 e. The number of hydrogen-bond donors (Lipinski definition) is 7. The Morgan fingerprint density at radius 1 is 0.888 bits per heavy atom. The van der Waals surface area contributed by atoms with Crippen LogP contribution < -0.4 is 31.3 Å². The number of pyridine rings is 1. The van der Waals surface area contributed by atoms with E-state index in [4.69, 9.17) is 29.7 Å². The monoisotopic (exact) mass is 1360 g/mol. The van der Waals surface area contributed by atoms with Gasteiger partial charge in [-0.2, -0.15) is 0 Å². The molecule has 0 bridgehead atoms. The molecule has 3 unspecified atom stereocenters. The van der Waals surface area contributed by atoms with Crippen molar-refractivity contribution in [1.82, 2.24) is 25.1 Å². The third-order valence-electron chi connectivity index (χ3n) is 18.8. The van der Waals surface area contributed by atoms with E-state index < -0.39 is 48.0 Å². The average Bonchev–Trinajstić information content (AvgIpc) is 1.54. The third kappa shape index (κ3) is 17.1. The number of carbonyl (C=O) groups excluding carboxylic acids is 6. The molecule has 25 nitrogen and oxygen atoms in total. The number of anilines is 3. The van der Waals surface area contributed by atoms with Gasteiger partial charge < -0.3 is 55.5 Å². The van der Waals surface area contributed by atoms with Crippen LogP contribution in [0, 0.1) is 16.2 Å². The number of nitrogens with zero attached hydrogens (tertiary/aromatic N) is 6. The molecule has 10 rings (SSSR count). The molecule has 3 aliphatic heterocycles. The fourth-order valence-corrected chi connectivity index (χ4v) is 15.5. The number of hydrogen-bond acceptors (Lipinski definition) is 18. The smallest absolute Gasteiger partial charge is 0.409 e. The van der Waals surface area contributed by atoms with Gasteiger partial charge in [-0.3, -0.25) is 39.3 Å². The average molecular weight is 1360 g/mol. The lowest BCUT2D eigenvalue weighted by atomic mass is 9.76. The number of likely N-dealkylation sites (N-methyl/N-ethyl adjacent to an activating group) is 1. The summed E-state index contributed by atoms with van der Waals surface area (Å²) in [5.74, 6) is -3.82. The fourth-order valence-electron chi connectivity index (χ4n) is 14.6. The highest BCUT2D eigenvalue weighted by Gasteiger charge is 2.66. The Morgan fingerprint density at radius 3 is 2.43 bits per heavy atom. The van der Waals surface area contributed by atoms with Crippen LogP contribution in [0.4, 0.5) is 26.1 Å². The number of para-hydroxylation sites is 1. The van der Waals surface area contributed by atoms with E-state index in [2.05, 4.69) is 53.6 Å². The number of aryl methyl sites for hydroxylation is 1. The number of allylic oxidation sites excluding steroid dienone is 1. The molecule has 7 amide bonds. The molecular formula is C72H86N10O15S. The second kappa shape index (κ2) is 30.6. The Kier molecular flexibility index (Phi) is 22.3. The molecule has 6 atom stereocenters. The summed E-state index contributed by atoms with van der Waals surface area (Å²) < 4.78 is 25.2. The van der Waals surface area contributed by atoms with Crippen molar-refractivity contribution < 1.29 is 72.6 Å². The molecule has 98 heavy (non-hydrogen) atoms. The molecule has 8 N–H and O–H groups in total. The Labute approximate surface area is 572 Å². The van der Waals surface area contributed by atoms with E-state index in [0.717, 1.165) is 52.8 Å². The molecule has 5 aliphatic rings. The van der Waals surface area contributed by atoms with Gasteiger partial charge in [0, 0.05) is 112 Å². The standard InChI is InChI=1S/C72H86N10O15S/c1-44(50(38-73)49-22-23-51(77-63(49)65(90)91)47-21-20-46-15-12-30-81(54(46)35-47)67(92)79-66-78-52-16-9-10-17-57(52)98-66)75-43-70(4)41-71(5)39-69(2,3)40-72(71,42-70)95-33-31-80(6)68(93)94-32-13-14-45-19-24-55(96-62-37-48(83)36-56(97-62)64(88)89)53(34-45)76-59(85)27-28-74-58(84)18-8-7-11-29-82-60(86)25-26-61(82)87/h9-10,13-14,16-17,19-26,34-35,38,48,56,62,83H,7-8,11-12,15,18,27-33,36-37,39-43,73H2,1-6H3,(H,74,84)(H,76,85)(H,88,89)(H,90,91)(H,78,79,92)/b14-13+,50-38?,75-44?/t48-,56-,62+,70?,71?,72?/m0/s1. The highest BCUT2D eigenvalue weighted by Crippen LogP contribution is 2.69. The number of amides is 7. The van der Waals surface area contributed by atoms with Crippen molar-refractivity contribution in [3.05, 3.63) is 120 Å². The number of nitrogens with two attached hydrogens (primary N) is 1. The number of carbonyl (C=O) groups is 8. The van der Waals surface area contributed by atoms with Crippen LogP contribution >= 0.6 is 11.3 Å². The Morgan fingerprint density at radius 2 is 1.67 bits per heavy atom. The summed E-state index contributed by atoms with van der Waals surface area (Å²) in [5.41, 5.74) is 10.6. The summed E-state index contributed by atoms with van der Waals surface area (Å²) in [5, 5.41) is 39.7. The van der Waals surface area contributed by atoms with Crippen molar-refractivity contribution in [2.75, 3.05) is 68.5 Å². The van der Waals surface area contributed by atoms with Gasteiger partial charge in [-0.25, -0.2) is 29.1 Å². The molecule has 1 saturated heterocycles. The largest absolute Gasteiger partial charge is 0.479 e. The number of carboxylic acids is 2. The Balaban J connectivity index is 0.724. The van der Waals surface area contributed by atoms with E-state index in [-0.39, 0.29) is 116 Å². The second-order valence-electron chi connectivity index (χ2n) is 27.4. The second-order valence-corrected chi connectivity index (χ2v) is 28.4. The van der Waals surface area contributed by atoms with Gasteiger partial charge in [0.25, 0.3) is 11.8 Å². The number of rotatable bonds is 27. The molecule has 2 aliphatic carbocycles. The van der Waals surface area contributed by atoms with Gasteiger partial charge in [-0.1, -0.05) is 81.9 Å². The molecule has 0 radical (unpaired) electrons. The van der Waals surface area contributed by atoms with Gasteiger partial charge in [0.15, 0.2) is 16.9 Å². The molecule has 2 saturated carbocycles. The SMILES string of the molecule is CC(=NCC1(C)CC2(C)CC(C)(C)CC2(OCCN(C)C(=O)OC/C=C/c2ccc(O[C@H]3C[C@@H](O)C[C@@H](C(=O)O)O3)c(NC(=O)CCNC(=O)CCCCCN3C(=O)C=CC3=O)c2)C1)C(=CN)c1ccc(-c2ccc3c(c2)N(C(=O)Nc2nc4ccccc4s2)CCC3)nc1C(=O)O. The van der Waals surface area contributed by atoms with Gasteiger partial charge >= 0.3 is 24.1 Å². The van der Waals surface area contributed by atoms with Crippen LogP contribution in [0.5, 0.6) is 5.75 Å². The van der Waals surface area contributed by atoms with Crippen molar-refractivity contribution in [3.8, 4) is 17.0 Å². The lowest BCUT2D eigenvalue weighted by Gasteiger charge is -2.38. The van der Waals surface area contributed by atoms with E-state index in [1.165, 1.54) is 34.6 Å². The van der Waals surface area contributed by atoms with E-state index in [1.54, 1.807) is 54.4 Å². The molecular weight excluding hydrogens is 1280 g/mol. The summed E-state index contributed by atoms with van der Waals surface area (Å²) in [6.07, 6.45) is 9.42. The van der Waals surface area contributed by atoms with Crippen LogP contribution in [0.3, 0.4) is 0 Å². The number of aliphatic hydroxyl groups excluding tert-OH is 1. The number of aromatic nitrogens is 2. The van der Waals surface area contributed by atoms with Gasteiger partial charge in [-0.15, -0.1) is 0 Å². The van der Waals surface area contributed by atoms with Crippen LogP contribution in [-0.2, 0) is 44.6 Å². The number of imide groups is 1. The maximum absolute atomic E-state index is 13.8. The summed E-state index contributed by atoms with van der Waals surface area (Å²) in [7, 11) is 1.64. The number of carboxylic acid groups (broad SMARTS) is 2. The summed E-state index contributed by atoms with van der Waals surface area (Å²) in [6.45, 7) is 12.4. The molecule has 26 heteroatoms. The number of aliphatic imine (C=N–C) groups is 1. The summed E-state index contributed by atoms with van der Waals surface area (Å²) in [6, 6.07) is 21.4. The molecule has 2 aromatic heterocycles. The van der Waals surface area contributed by atoms with Crippen molar-refractivity contribution in [1.29, 1.82) is 0 Å². The van der Waals surface area contributed by atoms with E-state index in [9.17, 15) is 53.7 Å². The van der Waals surface area contributed by atoms with Crippen LogP contribution in [0.1, 0.15) is 139 Å². The molecule has 5 heterocycles.